The minimum absolute atomic E-state index is 0.134. The number of hydrogen-bond donors (Lipinski definition) is 1. The third-order valence-electron chi connectivity index (χ3n) is 3.38. The third kappa shape index (κ3) is 5.09. The van der Waals surface area contributed by atoms with Crippen molar-refractivity contribution >= 4 is 6.09 Å². The molecule has 3 heteroatoms. The molecule has 0 saturated heterocycles. The number of hydrogen-bond acceptors (Lipinski definition) is 2. The van der Waals surface area contributed by atoms with Gasteiger partial charge in [0.1, 0.15) is 6.61 Å². The largest absolute Gasteiger partial charge is 0.445 e. The van der Waals surface area contributed by atoms with E-state index in [-0.39, 0.29) is 12.6 Å². The predicted molar refractivity (Wildman–Crippen MR) is 88.5 cm³/mol. The van der Waals surface area contributed by atoms with E-state index >= 15 is 0 Å². The second-order valence-electron chi connectivity index (χ2n) is 5.29. The van der Waals surface area contributed by atoms with Crippen LogP contribution in [-0.4, -0.2) is 12.1 Å². The summed E-state index contributed by atoms with van der Waals surface area (Å²) >= 11 is 0. The van der Waals surface area contributed by atoms with E-state index in [2.05, 4.69) is 11.9 Å². The average molecular weight is 295 g/mol. The van der Waals surface area contributed by atoms with Crippen LogP contribution >= 0.6 is 0 Å². The minimum atomic E-state index is -0.423. The van der Waals surface area contributed by atoms with Gasteiger partial charge in [-0.05, 0) is 24.5 Å². The SMILES string of the molecule is C=C(C)[C@@H](Cc1ccccc1)NC(=O)OCc1ccccc1. The van der Waals surface area contributed by atoms with Gasteiger partial charge in [0.25, 0.3) is 0 Å². The van der Waals surface area contributed by atoms with Gasteiger partial charge in [0, 0.05) is 0 Å². The number of carbonyl (C=O) groups is 1. The van der Waals surface area contributed by atoms with Crippen molar-refractivity contribution in [3.63, 3.8) is 0 Å². The summed E-state index contributed by atoms with van der Waals surface area (Å²) in [5, 5.41) is 2.87. The number of carbonyl (C=O) groups excluding carboxylic acids is 1. The maximum atomic E-state index is 11.9. The molecule has 2 aromatic rings. The van der Waals surface area contributed by atoms with E-state index in [1.54, 1.807) is 0 Å². The van der Waals surface area contributed by atoms with Gasteiger partial charge < -0.3 is 10.1 Å². The number of ether oxygens (including phenoxy) is 1. The Morgan fingerprint density at radius 3 is 2.14 bits per heavy atom. The smallest absolute Gasteiger partial charge is 0.407 e. The molecule has 0 bridgehead atoms. The van der Waals surface area contributed by atoms with Crippen molar-refractivity contribution < 1.29 is 9.53 Å². The van der Waals surface area contributed by atoms with Crippen LogP contribution in [0.4, 0.5) is 4.79 Å². The fraction of sp³-hybridized carbons (Fsp3) is 0.211. The fourth-order valence-electron chi connectivity index (χ4n) is 2.11. The molecule has 0 saturated carbocycles. The Morgan fingerprint density at radius 1 is 1.05 bits per heavy atom. The van der Waals surface area contributed by atoms with E-state index in [0.29, 0.717) is 6.42 Å². The van der Waals surface area contributed by atoms with Gasteiger partial charge in [0.05, 0.1) is 6.04 Å². The first-order chi connectivity index (χ1) is 10.6. The van der Waals surface area contributed by atoms with Crippen LogP contribution in [0.1, 0.15) is 18.1 Å². The summed E-state index contributed by atoms with van der Waals surface area (Å²) < 4.78 is 5.26. The summed E-state index contributed by atoms with van der Waals surface area (Å²) in [6.45, 7) is 6.13. The molecule has 2 aromatic carbocycles. The Kier molecular flexibility index (Phi) is 5.78. The first-order valence-corrected chi connectivity index (χ1v) is 7.31. The normalized spacial score (nSPS) is 11.5. The summed E-state index contributed by atoms with van der Waals surface area (Å²) in [5.74, 6) is 0. The van der Waals surface area contributed by atoms with Crippen LogP contribution in [0.15, 0.2) is 72.8 Å². The minimum Gasteiger partial charge on any atom is -0.445 e. The Morgan fingerprint density at radius 2 is 1.59 bits per heavy atom. The Bertz CT molecular complexity index is 608. The van der Waals surface area contributed by atoms with E-state index in [1.165, 1.54) is 0 Å². The van der Waals surface area contributed by atoms with Crippen molar-refractivity contribution in [1.82, 2.24) is 5.32 Å². The predicted octanol–water partition coefficient (Wildman–Crippen LogP) is 4.10. The lowest BCUT2D eigenvalue weighted by Crippen LogP contribution is -2.37. The molecule has 1 amide bonds. The molecule has 2 rings (SSSR count). The van der Waals surface area contributed by atoms with Gasteiger partial charge >= 0.3 is 6.09 Å². The number of benzene rings is 2. The van der Waals surface area contributed by atoms with Crippen LogP contribution in [0.25, 0.3) is 0 Å². The molecule has 3 nitrogen and oxygen atoms in total. The van der Waals surface area contributed by atoms with Crippen LogP contribution in [0, 0.1) is 0 Å². The van der Waals surface area contributed by atoms with Gasteiger partial charge in [0.2, 0.25) is 0 Å². The monoisotopic (exact) mass is 295 g/mol. The molecule has 22 heavy (non-hydrogen) atoms. The molecule has 114 valence electrons. The standard InChI is InChI=1S/C19H21NO2/c1-15(2)18(13-16-9-5-3-6-10-16)20-19(21)22-14-17-11-7-4-8-12-17/h3-12,18H,1,13-14H2,2H3,(H,20,21)/t18-/m1/s1. The first-order valence-electron chi connectivity index (χ1n) is 7.31. The van der Waals surface area contributed by atoms with Crippen LogP contribution < -0.4 is 5.32 Å². The lowest BCUT2D eigenvalue weighted by atomic mass is 10.0. The van der Waals surface area contributed by atoms with E-state index in [1.807, 2.05) is 67.6 Å². The van der Waals surface area contributed by atoms with Crippen molar-refractivity contribution in [2.45, 2.75) is 26.0 Å². The first kappa shape index (κ1) is 15.8. The third-order valence-corrected chi connectivity index (χ3v) is 3.38. The lowest BCUT2D eigenvalue weighted by molar-refractivity contribution is 0.137. The molecule has 0 radical (unpaired) electrons. The molecule has 1 atom stereocenters. The maximum absolute atomic E-state index is 11.9. The summed E-state index contributed by atoms with van der Waals surface area (Å²) in [4.78, 5) is 11.9. The van der Waals surface area contributed by atoms with Crippen molar-refractivity contribution in [1.29, 1.82) is 0 Å². The number of nitrogens with one attached hydrogen (secondary N) is 1. The zero-order valence-corrected chi connectivity index (χ0v) is 12.8. The second kappa shape index (κ2) is 8.03. The van der Waals surface area contributed by atoms with Gasteiger partial charge in [-0.1, -0.05) is 72.8 Å². The Labute approximate surface area is 131 Å². The highest BCUT2D eigenvalue weighted by Crippen LogP contribution is 2.09. The molecule has 0 unspecified atom stereocenters. The topological polar surface area (TPSA) is 38.3 Å². The Hall–Kier alpha value is -2.55. The summed E-state index contributed by atoms with van der Waals surface area (Å²) in [7, 11) is 0. The van der Waals surface area contributed by atoms with Crippen LogP contribution in [0.5, 0.6) is 0 Å². The van der Waals surface area contributed by atoms with Crippen LogP contribution in [0.3, 0.4) is 0 Å². The zero-order chi connectivity index (χ0) is 15.8. The van der Waals surface area contributed by atoms with Crippen LogP contribution in [-0.2, 0) is 17.8 Å². The van der Waals surface area contributed by atoms with E-state index in [0.717, 1.165) is 16.7 Å². The van der Waals surface area contributed by atoms with Crippen molar-refractivity contribution in [3.8, 4) is 0 Å². The molecular weight excluding hydrogens is 274 g/mol. The highest BCUT2D eigenvalue weighted by Gasteiger charge is 2.14. The van der Waals surface area contributed by atoms with Gasteiger partial charge in [-0.15, -0.1) is 0 Å². The summed E-state index contributed by atoms with van der Waals surface area (Å²) in [6, 6.07) is 19.5. The van der Waals surface area contributed by atoms with E-state index < -0.39 is 6.09 Å². The molecule has 0 spiro atoms. The maximum Gasteiger partial charge on any atom is 0.407 e. The molecule has 1 N–H and O–H groups in total. The van der Waals surface area contributed by atoms with Crippen molar-refractivity contribution in [2.75, 3.05) is 0 Å². The van der Waals surface area contributed by atoms with Crippen LogP contribution in [0.2, 0.25) is 0 Å². The van der Waals surface area contributed by atoms with E-state index in [4.69, 9.17) is 4.74 Å². The molecule has 0 aliphatic rings. The van der Waals surface area contributed by atoms with Gasteiger partial charge in [-0.25, -0.2) is 4.79 Å². The van der Waals surface area contributed by atoms with Gasteiger partial charge in [0.15, 0.2) is 0 Å². The zero-order valence-electron chi connectivity index (χ0n) is 12.8. The molecule has 0 aliphatic heterocycles. The summed E-state index contributed by atoms with van der Waals surface area (Å²) in [6.07, 6.45) is 0.282. The van der Waals surface area contributed by atoms with E-state index in [9.17, 15) is 4.79 Å². The number of amides is 1. The Balaban J connectivity index is 1.88. The highest BCUT2D eigenvalue weighted by atomic mass is 16.5. The van der Waals surface area contributed by atoms with Gasteiger partial charge in [-0.2, -0.15) is 0 Å². The van der Waals surface area contributed by atoms with Gasteiger partial charge in [-0.3, -0.25) is 0 Å². The fourth-order valence-corrected chi connectivity index (χ4v) is 2.11. The number of rotatable bonds is 6. The van der Waals surface area contributed by atoms with Crippen molar-refractivity contribution in [3.05, 3.63) is 83.9 Å². The number of alkyl carbamates (subject to hydrolysis) is 1. The molecule has 0 aliphatic carbocycles. The molecular formula is C19H21NO2. The molecule has 0 heterocycles. The summed E-state index contributed by atoms with van der Waals surface area (Å²) in [5.41, 5.74) is 3.02. The van der Waals surface area contributed by atoms with Crippen molar-refractivity contribution in [2.24, 2.45) is 0 Å². The lowest BCUT2D eigenvalue weighted by Gasteiger charge is -2.19. The second-order valence-corrected chi connectivity index (χ2v) is 5.29. The molecule has 0 fully saturated rings. The highest BCUT2D eigenvalue weighted by molar-refractivity contribution is 5.68. The molecule has 0 aromatic heterocycles. The average Bonchev–Trinajstić information content (AvgIpc) is 2.54. The quantitative estimate of drug-likeness (QED) is 0.815.